The number of phenols is 1. The molecule has 2 aromatic carbocycles. The fourth-order valence-corrected chi connectivity index (χ4v) is 4.66. The Hall–Kier alpha value is -3.06. The third-order valence-electron chi connectivity index (χ3n) is 6.97. The molecule has 1 aliphatic carbocycles. The first kappa shape index (κ1) is 27.5. The van der Waals surface area contributed by atoms with E-state index in [2.05, 4.69) is 18.9 Å². The fraction of sp³-hybridized carbons (Fsp3) is 0.517. The SMILES string of the molecule is CCN(C)CCCC1COc2cc(OC)cc(O)c2C1=C1CCC1.COc1cccc(OC)c1OC. The smallest absolute Gasteiger partial charge is 0.203 e. The zero-order valence-electron chi connectivity index (χ0n) is 22.6. The number of fused-ring (bicyclic) bond motifs is 1. The van der Waals surface area contributed by atoms with Crippen molar-refractivity contribution in [2.45, 2.75) is 39.0 Å². The third-order valence-corrected chi connectivity index (χ3v) is 6.97. The molecule has 4 rings (SSSR count). The second kappa shape index (κ2) is 13.3. The highest BCUT2D eigenvalue weighted by atomic mass is 16.5. The van der Waals surface area contributed by atoms with Crippen LogP contribution in [0.5, 0.6) is 34.5 Å². The van der Waals surface area contributed by atoms with E-state index in [9.17, 15) is 5.11 Å². The second-order valence-electron chi connectivity index (χ2n) is 9.13. The molecule has 0 amide bonds. The van der Waals surface area contributed by atoms with Crippen LogP contribution in [0.3, 0.4) is 0 Å². The van der Waals surface area contributed by atoms with Crippen molar-refractivity contribution in [2.24, 2.45) is 5.92 Å². The van der Waals surface area contributed by atoms with E-state index >= 15 is 0 Å². The summed E-state index contributed by atoms with van der Waals surface area (Å²) in [5, 5.41) is 10.6. The van der Waals surface area contributed by atoms with Gasteiger partial charge in [0.2, 0.25) is 5.75 Å². The number of allylic oxidation sites excluding steroid dienone is 1. The van der Waals surface area contributed by atoms with Gasteiger partial charge in [0.1, 0.15) is 17.2 Å². The first-order valence-corrected chi connectivity index (χ1v) is 12.7. The van der Waals surface area contributed by atoms with E-state index in [0.29, 0.717) is 35.5 Å². The molecule has 2 aliphatic rings. The van der Waals surface area contributed by atoms with E-state index < -0.39 is 0 Å². The molecular formula is C29H41NO6. The number of phenolic OH excluding ortho intramolecular Hbond substituents is 1. The fourth-order valence-electron chi connectivity index (χ4n) is 4.66. The van der Waals surface area contributed by atoms with Gasteiger partial charge in [0.05, 0.1) is 40.6 Å². The maximum Gasteiger partial charge on any atom is 0.203 e. The van der Waals surface area contributed by atoms with Gasteiger partial charge in [-0.25, -0.2) is 0 Å². The van der Waals surface area contributed by atoms with Gasteiger partial charge >= 0.3 is 0 Å². The van der Waals surface area contributed by atoms with Crippen LogP contribution in [-0.2, 0) is 0 Å². The van der Waals surface area contributed by atoms with Crippen molar-refractivity contribution in [1.82, 2.24) is 4.90 Å². The Morgan fingerprint density at radius 3 is 2.22 bits per heavy atom. The van der Waals surface area contributed by atoms with Gasteiger partial charge in [-0.2, -0.15) is 0 Å². The first-order chi connectivity index (χ1) is 17.5. The normalized spacial score (nSPS) is 16.2. The van der Waals surface area contributed by atoms with Gasteiger partial charge < -0.3 is 33.7 Å². The molecule has 1 aliphatic heterocycles. The highest BCUT2D eigenvalue weighted by Crippen LogP contribution is 2.49. The molecule has 7 heteroatoms. The van der Waals surface area contributed by atoms with Crippen LogP contribution in [0.1, 0.15) is 44.6 Å². The highest BCUT2D eigenvalue weighted by molar-refractivity contribution is 5.81. The Bertz CT molecular complexity index is 1010. The molecule has 7 nitrogen and oxygen atoms in total. The van der Waals surface area contributed by atoms with Gasteiger partial charge in [-0.3, -0.25) is 0 Å². The van der Waals surface area contributed by atoms with Crippen molar-refractivity contribution in [3.63, 3.8) is 0 Å². The summed E-state index contributed by atoms with van der Waals surface area (Å²) >= 11 is 0. The zero-order chi connectivity index (χ0) is 26.1. The van der Waals surface area contributed by atoms with Gasteiger partial charge in [0, 0.05) is 18.1 Å². The monoisotopic (exact) mass is 499 g/mol. The minimum absolute atomic E-state index is 0.286. The van der Waals surface area contributed by atoms with Gasteiger partial charge in [-0.1, -0.05) is 18.6 Å². The summed E-state index contributed by atoms with van der Waals surface area (Å²) in [6, 6.07) is 9.09. The maximum absolute atomic E-state index is 10.6. The standard InChI is InChI=1S/C20H29NO3.C9H12O3/c1-4-21(2)10-6-9-15-13-24-18-12-16(23-3)11-17(22)20(18)19(15)14-7-5-8-14;1-10-7-5-4-6-8(11-2)9(7)12-3/h11-12,15,22H,4-10,13H2,1-3H3;4-6H,1-3H3. The average molecular weight is 500 g/mol. The van der Waals surface area contributed by atoms with Crippen LogP contribution in [0.25, 0.3) is 5.57 Å². The molecule has 1 heterocycles. The molecule has 0 radical (unpaired) electrons. The zero-order valence-corrected chi connectivity index (χ0v) is 22.6. The molecule has 1 N–H and O–H groups in total. The van der Waals surface area contributed by atoms with Crippen molar-refractivity contribution in [1.29, 1.82) is 0 Å². The van der Waals surface area contributed by atoms with E-state index in [1.54, 1.807) is 34.5 Å². The highest BCUT2D eigenvalue weighted by Gasteiger charge is 2.32. The Morgan fingerprint density at radius 1 is 1.00 bits per heavy atom. The van der Waals surface area contributed by atoms with E-state index in [-0.39, 0.29) is 5.75 Å². The van der Waals surface area contributed by atoms with Gasteiger partial charge in [0.25, 0.3) is 0 Å². The molecule has 1 unspecified atom stereocenters. The predicted molar refractivity (Wildman–Crippen MR) is 143 cm³/mol. The second-order valence-corrected chi connectivity index (χ2v) is 9.13. The molecule has 0 bridgehead atoms. The molecule has 1 saturated carbocycles. The summed E-state index contributed by atoms with van der Waals surface area (Å²) in [6.07, 6.45) is 5.84. The first-order valence-electron chi connectivity index (χ1n) is 12.7. The Morgan fingerprint density at radius 2 is 1.69 bits per heavy atom. The Labute approximate surface area is 215 Å². The molecule has 1 atom stereocenters. The van der Waals surface area contributed by atoms with E-state index in [1.807, 2.05) is 24.3 Å². The quantitative estimate of drug-likeness (QED) is 0.468. The summed E-state index contributed by atoms with van der Waals surface area (Å²) < 4.78 is 26.5. The molecule has 36 heavy (non-hydrogen) atoms. The van der Waals surface area contributed by atoms with Gasteiger partial charge in [-0.15, -0.1) is 0 Å². The average Bonchev–Trinajstić information content (AvgIpc) is 2.87. The summed E-state index contributed by atoms with van der Waals surface area (Å²) in [5.74, 6) is 4.07. The maximum atomic E-state index is 10.6. The van der Waals surface area contributed by atoms with Crippen molar-refractivity contribution >= 4 is 5.57 Å². The van der Waals surface area contributed by atoms with Gasteiger partial charge in [-0.05, 0) is 69.9 Å². The molecule has 0 spiro atoms. The lowest BCUT2D eigenvalue weighted by atomic mass is 9.77. The number of hydrogen-bond acceptors (Lipinski definition) is 7. The Balaban J connectivity index is 0.000000253. The number of rotatable bonds is 9. The van der Waals surface area contributed by atoms with Crippen molar-refractivity contribution in [3.05, 3.63) is 41.5 Å². The lowest BCUT2D eigenvalue weighted by Gasteiger charge is -2.34. The van der Waals surface area contributed by atoms with E-state index in [0.717, 1.165) is 50.1 Å². The minimum Gasteiger partial charge on any atom is -0.507 e. The van der Waals surface area contributed by atoms with Crippen molar-refractivity contribution in [2.75, 3.05) is 55.2 Å². The van der Waals surface area contributed by atoms with Crippen LogP contribution in [0, 0.1) is 5.92 Å². The number of ether oxygens (including phenoxy) is 5. The summed E-state index contributed by atoms with van der Waals surface area (Å²) in [5.41, 5.74) is 3.77. The predicted octanol–water partition coefficient (Wildman–Crippen LogP) is 5.79. The molecule has 198 valence electrons. The number of nitrogens with zero attached hydrogens (tertiary/aromatic N) is 1. The molecular weight excluding hydrogens is 458 g/mol. The van der Waals surface area contributed by atoms with Crippen LogP contribution in [-0.4, -0.2) is 65.2 Å². The van der Waals surface area contributed by atoms with Crippen LogP contribution in [0.2, 0.25) is 0 Å². The third kappa shape index (κ3) is 6.38. The van der Waals surface area contributed by atoms with Crippen molar-refractivity contribution in [3.8, 4) is 34.5 Å². The molecule has 0 saturated heterocycles. The van der Waals surface area contributed by atoms with Gasteiger partial charge in [0.15, 0.2) is 11.5 Å². The number of benzene rings is 2. The number of hydrogen-bond donors (Lipinski definition) is 1. The van der Waals surface area contributed by atoms with Crippen LogP contribution < -0.4 is 23.7 Å². The summed E-state index contributed by atoms with van der Waals surface area (Å²) in [7, 11) is 8.55. The minimum atomic E-state index is 0.286. The number of methoxy groups -OCH3 is 4. The summed E-state index contributed by atoms with van der Waals surface area (Å²) in [4.78, 5) is 2.34. The number of para-hydroxylation sites is 1. The van der Waals surface area contributed by atoms with Crippen molar-refractivity contribution < 1.29 is 28.8 Å². The lowest BCUT2D eigenvalue weighted by molar-refractivity contribution is 0.245. The van der Waals surface area contributed by atoms with Crippen LogP contribution >= 0.6 is 0 Å². The molecule has 0 aromatic heterocycles. The molecule has 1 fully saturated rings. The van der Waals surface area contributed by atoms with E-state index in [1.165, 1.54) is 17.6 Å². The molecule has 2 aromatic rings. The van der Waals surface area contributed by atoms with E-state index in [4.69, 9.17) is 23.7 Å². The topological polar surface area (TPSA) is 69.6 Å². The lowest BCUT2D eigenvalue weighted by Crippen LogP contribution is -2.25. The van der Waals surface area contributed by atoms with Crippen LogP contribution in [0.15, 0.2) is 35.9 Å². The van der Waals surface area contributed by atoms with Crippen LogP contribution in [0.4, 0.5) is 0 Å². The Kier molecular flexibility index (Phi) is 10.2. The largest absolute Gasteiger partial charge is 0.507 e. The summed E-state index contributed by atoms with van der Waals surface area (Å²) in [6.45, 7) is 5.08. The number of aromatic hydroxyl groups is 1.